The van der Waals surface area contributed by atoms with Crippen LogP contribution in [0.4, 0.5) is 0 Å². The molecule has 3 atom stereocenters. The van der Waals surface area contributed by atoms with Gasteiger partial charge in [0.1, 0.15) is 0 Å². The molecule has 0 radical (unpaired) electrons. The largest absolute Gasteiger partial charge is 0.472 e. The van der Waals surface area contributed by atoms with Gasteiger partial charge in [-0.2, -0.15) is 0 Å². The molecule has 0 saturated carbocycles. The number of hydrogen-bond acceptors (Lipinski definition) is 6. The second-order valence-corrected chi connectivity index (χ2v) is 20.3. The van der Waals surface area contributed by atoms with Gasteiger partial charge in [-0.25, -0.2) is 4.57 Å². The summed E-state index contributed by atoms with van der Waals surface area (Å²) in [5.74, 6) is -0.156. The number of phosphoric acid groups is 1. The van der Waals surface area contributed by atoms with Crippen molar-refractivity contribution in [1.29, 1.82) is 0 Å². The van der Waals surface area contributed by atoms with Gasteiger partial charge in [0.05, 0.1) is 25.4 Å². The summed E-state index contributed by atoms with van der Waals surface area (Å²) in [4.78, 5) is 22.7. The predicted octanol–water partition coefficient (Wildman–Crippen LogP) is 16.1. The summed E-state index contributed by atoms with van der Waals surface area (Å²) in [5.41, 5.74) is 5.38. The lowest BCUT2D eigenvalue weighted by molar-refractivity contribution is -0.123. The minimum absolute atomic E-state index is 0.0923. The molecule has 0 aliphatic carbocycles. The van der Waals surface area contributed by atoms with Crippen LogP contribution in [0.15, 0.2) is 0 Å². The molecule has 0 spiro atoms. The highest BCUT2D eigenvalue weighted by Crippen LogP contribution is 2.43. The molecule has 0 aliphatic rings. The quantitative estimate of drug-likeness (QED) is 0.0353. The third-order valence-electron chi connectivity index (χ3n) is 12.7. The van der Waals surface area contributed by atoms with Crippen LogP contribution in [0.25, 0.3) is 0 Å². The Bertz CT molecular complexity index is 926. The van der Waals surface area contributed by atoms with E-state index in [-0.39, 0.29) is 25.7 Å². The van der Waals surface area contributed by atoms with E-state index < -0.39 is 20.0 Å². The van der Waals surface area contributed by atoms with Crippen molar-refractivity contribution in [1.82, 2.24) is 5.32 Å². The average Bonchev–Trinajstić information content (AvgIpc) is 3.25. The number of aliphatic hydroxyl groups is 1. The van der Waals surface area contributed by atoms with Crippen molar-refractivity contribution in [3.63, 3.8) is 0 Å². The highest BCUT2D eigenvalue weighted by Gasteiger charge is 2.27. The lowest BCUT2D eigenvalue weighted by Gasteiger charge is -2.25. The molecule has 0 saturated heterocycles. The van der Waals surface area contributed by atoms with Gasteiger partial charge in [-0.3, -0.25) is 13.8 Å². The second kappa shape index (κ2) is 48.9. The van der Waals surface area contributed by atoms with Gasteiger partial charge in [-0.1, -0.05) is 277 Å². The first kappa shape index (κ1) is 60.5. The van der Waals surface area contributed by atoms with E-state index in [1.807, 2.05) is 0 Å². The highest BCUT2D eigenvalue weighted by atomic mass is 31.2. The molecule has 0 bridgehead atoms. The molecular weight excluding hydrogens is 780 g/mol. The number of hydrogen-bond donors (Lipinski definition) is 4. The van der Waals surface area contributed by atoms with Crippen LogP contribution in [0.1, 0.15) is 296 Å². The maximum Gasteiger partial charge on any atom is 0.472 e. The van der Waals surface area contributed by atoms with E-state index in [0.29, 0.717) is 12.8 Å². The van der Waals surface area contributed by atoms with Crippen molar-refractivity contribution in [3.05, 3.63) is 0 Å². The Morgan fingerprint density at radius 3 is 1.05 bits per heavy atom. The third-order valence-corrected chi connectivity index (χ3v) is 13.7. The van der Waals surface area contributed by atoms with Gasteiger partial charge in [-0.15, -0.1) is 0 Å². The van der Waals surface area contributed by atoms with E-state index in [4.69, 9.17) is 14.8 Å². The van der Waals surface area contributed by atoms with Crippen LogP contribution in [-0.4, -0.2) is 47.8 Å². The SMILES string of the molecule is CCCCCCCCCCCCCCCCCCCCCCCCCCCCCCCCCCCC(=O)N[C@@H](COP(=O)(O)OCCN)[C@H](O)CCCCCCCCCCC. The molecular formula is C52H107N2O6P. The molecule has 0 aromatic rings. The number of nitrogens with one attached hydrogen (secondary N) is 1. The maximum absolute atomic E-state index is 12.8. The molecule has 0 rings (SSSR count). The standard InChI is InChI=1S/C52H107N2O6P/c1-3-5-7-9-11-13-14-15-16-17-18-19-20-21-22-23-24-25-26-27-28-29-30-31-32-33-34-35-36-38-40-42-44-46-52(56)54-50(49-60-61(57,58)59-48-47-53)51(55)45-43-41-39-37-12-10-8-6-4-2/h50-51,55H,3-49,53H2,1-2H3,(H,54,56)(H,57,58)/t50-,51+/m0/s1. The van der Waals surface area contributed by atoms with Crippen molar-refractivity contribution in [3.8, 4) is 0 Å². The lowest BCUT2D eigenvalue weighted by Crippen LogP contribution is -2.46. The lowest BCUT2D eigenvalue weighted by atomic mass is 10.0. The number of amides is 1. The minimum atomic E-state index is -4.31. The van der Waals surface area contributed by atoms with Crippen LogP contribution in [0.5, 0.6) is 0 Å². The van der Waals surface area contributed by atoms with Gasteiger partial charge < -0.3 is 21.1 Å². The topological polar surface area (TPSA) is 131 Å². The number of carbonyl (C=O) groups is 1. The molecule has 8 nitrogen and oxygen atoms in total. The summed E-state index contributed by atoms with van der Waals surface area (Å²) >= 11 is 0. The van der Waals surface area contributed by atoms with Gasteiger partial charge >= 0.3 is 7.82 Å². The van der Waals surface area contributed by atoms with E-state index in [0.717, 1.165) is 38.5 Å². The van der Waals surface area contributed by atoms with E-state index in [9.17, 15) is 19.4 Å². The summed E-state index contributed by atoms with van der Waals surface area (Å²) in [6.45, 7) is 4.22. The molecule has 0 heterocycles. The normalized spacial score (nSPS) is 13.7. The Kier molecular flexibility index (Phi) is 48.5. The molecule has 9 heteroatoms. The fourth-order valence-electron chi connectivity index (χ4n) is 8.61. The number of aliphatic hydroxyl groups excluding tert-OH is 1. The smallest absolute Gasteiger partial charge is 0.391 e. The Hall–Kier alpha value is -0.500. The summed E-state index contributed by atoms with van der Waals surface area (Å²) in [6, 6.07) is -0.767. The zero-order chi connectivity index (χ0) is 44.6. The summed E-state index contributed by atoms with van der Waals surface area (Å²) < 4.78 is 22.2. The first-order chi connectivity index (χ1) is 29.9. The Balaban J connectivity index is 3.70. The highest BCUT2D eigenvalue weighted by molar-refractivity contribution is 7.47. The van der Waals surface area contributed by atoms with E-state index in [2.05, 4.69) is 19.2 Å². The monoisotopic (exact) mass is 887 g/mol. The molecule has 61 heavy (non-hydrogen) atoms. The van der Waals surface area contributed by atoms with Gasteiger partial charge in [0, 0.05) is 13.0 Å². The van der Waals surface area contributed by atoms with Crippen LogP contribution < -0.4 is 11.1 Å². The van der Waals surface area contributed by atoms with Crippen molar-refractivity contribution in [2.75, 3.05) is 19.8 Å². The summed E-state index contributed by atoms with van der Waals surface area (Å²) in [7, 11) is -4.31. The predicted molar refractivity (Wildman–Crippen MR) is 263 cm³/mol. The molecule has 366 valence electrons. The van der Waals surface area contributed by atoms with Crippen molar-refractivity contribution in [2.45, 2.75) is 309 Å². The number of rotatable bonds is 52. The molecule has 0 fully saturated rings. The van der Waals surface area contributed by atoms with E-state index in [1.54, 1.807) is 0 Å². The summed E-state index contributed by atoms with van der Waals surface area (Å²) in [5, 5.41) is 13.8. The van der Waals surface area contributed by atoms with Crippen molar-refractivity contribution >= 4 is 13.7 Å². The molecule has 0 aromatic heterocycles. The van der Waals surface area contributed by atoms with Gasteiger partial charge in [-0.05, 0) is 12.8 Å². The molecule has 0 aromatic carbocycles. The molecule has 5 N–H and O–H groups in total. The van der Waals surface area contributed by atoms with Crippen LogP contribution in [0, 0.1) is 0 Å². The van der Waals surface area contributed by atoms with Gasteiger partial charge in [0.15, 0.2) is 0 Å². The maximum atomic E-state index is 12.8. The van der Waals surface area contributed by atoms with Gasteiger partial charge in [0.25, 0.3) is 0 Å². The Morgan fingerprint density at radius 2 is 0.754 bits per heavy atom. The van der Waals surface area contributed by atoms with Crippen LogP contribution >= 0.6 is 7.82 Å². The van der Waals surface area contributed by atoms with Gasteiger partial charge in [0.2, 0.25) is 5.91 Å². The average molecular weight is 887 g/mol. The number of unbranched alkanes of at least 4 members (excludes halogenated alkanes) is 40. The fourth-order valence-corrected chi connectivity index (χ4v) is 9.37. The van der Waals surface area contributed by atoms with E-state index >= 15 is 0 Å². The van der Waals surface area contributed by atoms with Crippen molar-refractivity contribution in [2.24, 2.45) is 5.73 Å². The zero-order valence-electron chi connectivity index (χ0n) is 40.9. The molecule has 1 unspecified atom stereocenters. The minimum Gasteiger partial charge on any atom is -0.391 e. The second-order valence-electron chi connectivity index (χ2n) is 18.8. The Morgan fingerprint density at radius 1 is 0.475 bits per heavy atom. The van der Waals surface area contributed by atoms with Crippen LogP contribution in [0.3, 0.4) is 0 Å². The van der Waals surface area contributed by atoms with Crippen LogP contribution in [-0.2, 0) is 18.4 Å². The fraction of sp³-hybridized carbons (Fsp3) is 0.981. The number of phosphoric ester groups is 1. The van der Waals surface area contributed by atoms with E-state index in [1.165, 1.54) is 231 Å². The number of nitrogens with two attached hydrogens (primary N) is 1. The third kappa shape index (κ3) is 47.3. The summed E-state index contributed by atoms with van der Waals surface area (Å²) in [6.07, 6.45) is 56.1. The van der Waals surface area contributed by atoms with Crippen LogP contribution in [0.2, 0.25) is 0 Å². The first-order valence-electron chi connectivity index (χ1n) is 27.2. The number of carbonyl (C=O) groups excluding carboxylic acids is 1. The Labute approximate surface area is 380 Å². The molecule has 1 amide bonds. The van der Waals surface area contributed by atoms with Crippen molar-refractivity contribution < 1.29 is 28.4 Å². The zero-order valence-corrected chi connectivity index (χ0v) is 41.8. The first-order valence-corrected chi connectivity index (χ1v) is 28.6. The molecule has 0 aliphatic heterocycles.